The lowest BCUT2D eigenvalue weighted by atomic mass is 9.82. The van der Waals surface area contributed by atoms with Crippen LogP contribution in [-0.4, -0.2) is 30.3 Å². The highest BCUT2D eigenvalue weighted by Crippen LogP contribution is 2.38. The van der Waals surface area contributed by atoms with Gasteiger partial charge in [-0.15, -0.1) is 0 Å². The Labute approximate surface area is 133 Å². The van der Waals surface area contributed by atoms with E-state index in [1.165, 1.54) is 0 Å². The molecule has 1 saturated heterocycles. The van der Waals surface area contributed by atoms with Crippen LogP contribution in [0.4, 0.5) is 0 Å². The molecule has 1 aromatic rings. The smallest absolute Gasteiger partial charge is 0.473 e. The summed E-state index contributed by atoms with van der Waals surface area (Å²) in [6, 6.07) is 0. The number of aromatic nitrogens is 1. The molecule has 0 saturated carbocycles. The molecule has 0 aromatic carbocycles. The molecule has 0 aliphatic carbocycles. The van der Waals surface area contributed by atoms with Crippen molar-refractivity contribution in [2.24, 2.45) is 0 Å². The van der Waals surface area contributed by atoms with Crippen LogP contribution in [0.2, 0.25) is 0 Å². The predicted octanol–water partition coefficient (Wildman–Crippen LogP) is 2.57. The predicted molar refractivity (Wildman–Crippen MR) is 78.5 cm³/mol. The van der Waals surface area contributed by atoms with Crippen molar-refractivity contribution in [3.05, 3.63) is 4.88 Å². The zero-order valence-corrected chi connectivity index (χ0v) is 12.0. The molecule has 0 amide bonds. The summed E-state index contributed by atoms with van der Waals surface area (Å²) < 4.78 is 92.9. The topological polar surface area (TPSA) is 40.6 Å². The Hall–Kier alpha value is -0.585. The van der Waals surface area contributed by atoms with Gasteiger partial charge in [-0.3, -0.25) is 0 Å². The molecule has 2 rings (SSSR count). The Kier molecular flexibility index (Phi) is 1.62. The summed E-state index contributed by atoms with van der Waals surface area (Å²) in [5, 5.41) is -0.505. The third-order valence-electron chi connectivity index (χ3n) is 3.42. The highest BCUT2D eigenvalue weighted by Gasteiger charge is 2.53. The van der Waals surface area contributed by atoms with Gasteiger partial charge < -0.3 is 14.0 Å². The van der Waals surface area contributed by atoms with E-state index < -0.39 is 55.0 Å². The molecule has 1 fully saturated rings. The monoisotopic (exact) mass is 293 g/mol. The second kappa shape index (κ2) is 4.75. The van der Waals surface area contributed by atoms with Crippen molar-refractivity contribution in [1.29, 1.82) is 0 Å². The van der Waals surface area contributed by atoms with Crippen molar-refractivity contribution in [2.75, 3.05) is 7.04 Å². The Balaban J connectivity index is 2.71. The van der Waals surface area contributed by atoms with Crippen molar-refractivity contribution >= 4 is 24.0 Å². The van der Waals surface area contributed by atoms with Crippen molar-refractivity contribution in [3.8, 4) is 5.19 Å². The maximum atomic E-state index is 8.45. The second-order valence-electron chi connectivity index (χ2n) is 5.26. The first-order valence-corrected chi connectivity index (χ1v) is 6.50. The normalized spacial score (nSPS) is 31.5. The van der Waals surface area contributed by atoms with Gasteiger partial charge in [0.05, 0.1) is 27.9 Å². The molecule has 0 spiro atoms. The van der Waals surface area contributed by atoms with Crippen LogP contribution in [0.5, 0.6) is 5.19 Å². The lowest BCUT2D eigenvalue weighted by Gasteiger charge is -2.32. The molecular weight excluding hydrogens is 261 g/mol. The molecule has 0 N–H and O–H groups in total. The van der Waals surface area contributed by atoms with E-state index in [0.717, 1.165) is 0 Å². The molecule has 19 heavy (non-hydrogen) atoms. The van der Waals surface area contributed by atoms with Crippen molar-refractivity contribution in [1.82, 2.24) is 4.98 Å². The van der Waals surface area contributed by atoms with Gasteiger partial charge in [-0.2, -0.15) is 0 Å². The molecular formula is C13H22BNO3S. The van der Waals surface area contributed by atoms with E-state index in [1.54, 1.807) is 27.7 Å². The van der Waals surface area contributed by atoms with Gasteiger partial charge in [0.2, 0.25) is 0 Å². The van der Waals surface area contributed by atoms with Gasteiger partial charge in [-0.25, -0.2) is 4.98 Å². The molecule has 1 aliphatic rings. The molecule has 0 bridgehead atoms. The van der Waals surface area contributed by atoms with E-state index in [2.05, 4.69) is 4.98 Å². The van der Waals surface area contributed by atoms with Crippen LogP contribution < -0.4 is 10.3 Å². The fourth-order valence-electron chi connectivity index (χ4n) is 1.65. The van der Waals surface area contributed by atoms with E-state index in [-0.39, 0.29) is 5.59 Å². The molecule has 6 heteroatoms. The minimum Gasteiger partial charge on any atom is -0.473 e. The minimum absolute atomic E-state index is 0.296. The Bertz CT molecular complexity index is 740. The number of hydrogen-bond acceptors (Lipinski definition) is 5. The van der Waals surface area contributed by atoms with Gasteiger partial charge in [0.1, 0.15) is 0 Å². The molecule has 1 aliphatic heterocycles. The maximum absolute atomic E-state index is 8.45. The zero-order chi connectivity index (χ0) is 22.8. The number of hydrogen-bond donors (Lipinski definition) is 0. The van der Waals surface area contributed by atoms with Gasteiger partial charge in [0.25, 0.3) is 5.19 Å². The molecule has 0 unspecified atom stereocenters. The molecule has 106 valence electrons. The highest BCUT2D eigenvalue weighted by atomic mass is 32.1. The molecule has 0 radical (unpaired) electrons. The van der Waals surface area contributed by atoms with Crippen LogP contribution in [0.3, 0.4) is 0 Å². The summed E-state index contributed by atoms with van der Waals surface area (Å²) >= 11 is 0.373. The summed E-state index contributed by atoms with van der Waals surface area (Å²) in [4.78, 5) is 3.45. The largest absolute Gasteiger partial charge is 0.515 e. The minimum atomic E-state index is -3.29. The number of methoxy groups -OCH3 is 1. The average molecular weight is 293 g/mol. The van der Waals surface area contributed by atoms with Gasteiger partial charge in [-0.1, -0.05) is 25.0 Å². The number of rotatable bonds is 3. The van der Waals surface area contributed by atoms with E-state index in [1.807, 2.05) is 0 Å². The van der Waals surface area contributed by atoms with Crippen LogP contribution in [-0.2, 0) is 9.31 Å². The number of thiazole rings is 1. The van der Waals surface area contributed by atoms with E-state index >= 15 is 0 Å². The molecule has 4 nitrogen and oxygen atoms in total. The van der Waals surface area contributed by atoms with Crippen molar-refractivity contribution < 1.29 is 27.8 Å². The summed E-state index contributed by atoms with van der Waals surface area (Å²) in [6.07, 6.45) is 0. The summed E-state index contributed by atoms with van der Waals surface area (Å²) in [5.74, 6) is -3.10. The Morgan fingerprint density at radius 1 is 1.32 bits per heavy atom. The molecule has 0 atom stereocenters. The first kappa shape index (κ1) is 6.45. The van der Waals surface area contributed by atoms with Crippen molar-refractivity contribution in [3.63, 3.8) is 0 Å². The van der Waals surface area contributed by atoms with Gasteiger partial charge in [0, 0.05) is 14.5 Å². The first-order chi connectivity index (χ1) is 12.6. The van der Waals surface area contributed by atoms with Crippen LogP contribution in [0.15, 0.2) is 0 Å². The molecule has 1 aromatic heterocycles. The number of nitrogens with zero attached hydrogens (tertiary/aromatic N) is 1. The van der Waals surface area contributed by atoms with E-state index in [9.17, 15) is 0 Å². The van der Waals surface area contributed by atoms with Crippen LogP contribution in [0.25, 0.3) is 0 Å². The van der Waals surface area contributed by atoms with Gasteiger partial charge in [-0.05, 0) is 33.6 Å². The Morgan fingerprint density at radius 2 is 1.95 bits per heavy atom. The molecule has 2 heterocycles. The zero-order valence-electron chi connectivity index (χ0n) is 21.2. The van der Waals surface area contributed by atoms with E-state index in [4.69, 9.17) is 27.8 Å². The summed E-state index contributed by atoms with van der Waals surface area (Å²) in [7, 11) is -4.22. The Morgan fingerprint density at radius 3 is 2.47 bits per heavy atom. The second-order valence-corrected chi connectivity index (χ2v) is 6.22. The van der Waals surface area contributed by atoms with Crippen LogP contribution in [0.1, 0.15) is 65.9 Å². The summed E-state index contributed by atoms with van der Waals surface area (Å²) in [5.41, 5.74) is -2.03. The fourth-order valence-corrected chi connectivity index (χ4v) is 2.36. The van der Waals surface area contributed by atoms with E-state index in [0.29, 0.717) is 11.3 Å². The lowest BCUT2D eigenvalue weighted by molar-refractivity contribution is 0.00578. The van der Waals surface area contributed by atoms with Crippen LogP contribution >= 0.6 is 11.3 Å². The lowest BCUT2D eigenvalue weighted by Crippen LogP contribution is -2.41. The third-order valence-corrected chi connectivity index (χ3v) is 4.39. The maximum Gasteiger partial charge on any atom is 0.515 e. The van der Waals surface area contributed by atoms with Crippen LogP contribution in [0, 0.1) is 0 Å². The van der Waals surface area contributed by atoms with Gasteiger partial charge >= 0.3 is 7.12 Å². The first-order valence-electron chi connectivity index (χ1n) is 10.7. The van der Waals surface area contributed by atoms with Crippen molar-refractivity contribution in [2.45, 2.75) is 58.5 Å². The SMILES string of the molecule is [2H]C([2H])([2H])Oc1nc(B2OC(C)(C)C(C)(C)O2)c(C([2H])(C([2H])([2H])[2H])C([2H])([2H])[2H])s1. The standard InChI is InChI=1S/C13H22BNO3S/c1-8(2)9-10(15-11(16-7)19-9)14-17-12(3,4)13(5,6)18-14/h8H,1-7H3/i1D3,2D3,7D3,8D. The average Bonchev–Trinajstić information content (AvgIpc) is 2.92. The number of ether oxygens (including phenoxy) is 1. The highest BCUT2D eigenvalue weighted by molar-refractivity contribution is 7.14. The quantitative estimate of drug-likeness (QED) is 0.803. The fraction of sp³-hybridized carbons (Fsp3) is 0.769. The third kappa shape index (κ3) is 2.53. The van der Waals surface area contributed by atoms with Gasteiger partial charge in [0.15, 0.2) is 0 Å². The summed E-state index contributed by atoms with van der Waals surface area (Å²) in [6.45, 7) is 0.308.